The Morgan fingerprint density at radius 3 is 2.71 bits per heavy atom. The Hall–Kier alpha value is -1.06. The van der Waals surface area contributed by atoms with Crippen LogP contribution in [0.5, 0.6) is 5.75 Å². The van der Waals surface area contributed by atoms with E-state index < -0.39 is 0 Å². The predicted molar refractivity (Wildman–Crippen MR) is 64.1 cm³/mol. The molecule has 3 rings (SSSR count). The highest BCUT2D eigenvalue weighted by Gasteiger charge is 2.34. The molecule has 3 nitrogen and oxygen atoms in total. The van der Waals surface area contributed by atoms with Gasteiger partial charge in [0, 0.05) is 19.6 Å². The Kier molecular flexibility index (Phi) is 3.04. The van der Waals surface area contributed by atoms with Gasteiger partial charge in [0.25, 0.3) is 0 Å². The van der Waals surface area contributed by atoms with Crippen molar-refractivity contribution in [3.63, 3.8) is 0 Å². The van der Waals surface area contributed by atoms with E-state index in [1.54, 1.807) is 0 Å². The molecule has 0 spiro atoms. The summed E-state index contributed by atoms with van der Waals surface area (Å²) in [6, 6.07) is 8.05. The van der Waals surface area contributed by atoms with Gasteiger partial charge in [0.15, 0.2) is 0 Å². The molecule has 2 heterocycles. The van der Waals surface area contributed by atoms with Crippen molar-refractivity contribution < 1.29 is 14.6 Å². The quantitative estimate of drug-likeness (QED) is 0.847. The SMILES string of the molecule is OC(C1CCOCC1)C1Cc2ccccc2O1. The van der Waals surface area contributed by atoms with E-state index in [0.717, 1.165) is 38.2 Å². The molecule has 2 aliphatic heterocycles. The largest absolute Gasteiger partial charge is 0.487 e. The number of benzene rings is 1. The van der Waals surface area contributed by atoms with Crippen molar-refractivity contribution in [1.29, 1.82) is 0 Å². The lowest BCUT2D eigenvalue weighted by Crippen LogP contribution is -2.39. The molecule has 0 bridgehead atoms. The molecule has 1 saturated heterocycles. The molecule has 0 aliphatic carbocycles. The maximum absolute atomic E-state index is 10.4. The third-order valence-electron chi connectivity index (χ3n) is 3.80. The van der Waals surface area contributed by atoms with Gasteiger partial charge < -0.3 is 14.6 Å². The third-order valence-corrected chi connectivity index (χ3v) is 3.80. The number of fused-ring (bicyclic) bond motifs is 1. The predicted octanol–water partition coefficient (Wildman–Crippen LogP) is 1.78. The average molecular weight is 234 g/mol. The maximum atomic E-state index is 10.4. The van der Waals surface area contributed by atoms with Gasteiger partial charge in [-0.3, -0.25) is 0 Å². The molecule has 1 N–H and O–H groups in total. The first-order valence-electron chi connectivity index (χ1n) is 6.35. The van der Waals surface area contributed by atoms with Gasteiger partial charge in [-0.2, -0.15) is 0 Å². The molecular weight excluding hydrogens is 216 g/mol. The van der Waals surface area contributed by atoms with Crippen LogP contribution in [-0.4, -0.2) is 30.5 Å². The second-order valence-electron chi connectivity index (χ2n) is 4.91. The zero-order chi connectivity index (χ0) is 11.7. The zero-order valence-electron chi connectivity index (χ0n) is 9.84. The first-order valence-corrected chi connectivity index (χ1v) is 6.35. The van der Waals surface area contributed by atoms with Gasteiger partial charge in [-0.25, -0.2) is 0 Å². The second-order valence-corrected chi connectivity index (χ2v) is 4.91. The molecule has 92 valence electrons. The van der Waals surface area contributed by atoms with Crippen LogP contribution in [0.3, 0.4) is 0 Å². The Balaban J connectivity index is 1.67. The smallest absolute Gasteiger partial charge is 0.129 e. The second kappa shape index (κ2) is 4.67. The van der Waals surface area contributed by atoms with Crippen LogP contribution in [0.2, 0.25) is 0 Å². The molecule has 0 aromatic heterocycles. The molecule has 2 unspecified atom stereocenters. The summed E-state index contributed by atoms with van der Waals surface area (Å²) in [6.45, 7) is 1.53. The van der Waals surface area contributed by atoms with Crippen LogP contribution in [-0.2, 0) is 11.2 Å². The van der Waals surface area contributed by atoms with Gasteiger partial charge in [-0.15, -0.1) is 0 Å². The van der Waals surface area contributed by atoms with Crippen molar-refractivity contribution in [3.8, 4) is 5.75 Å². The number of hydrogen-bond acceptors (Lipinski definition) is 3. The van der Waals surface area contributed by atoms with Gasteiger partial charge in [0.05, 0.1) is 6.10 Å². The summed E-state index contributed by atoms with van der Waals surface area (Å²) < 4.78 is 11.2. The Morgan fingerprint density at radius 2 is 1.94 bits per heavy atom. The molecule has 0 amide bonds. The first kappa shape index (κ1) is 11.1. The lowest BCUT2D eigenvalue weighted by molar-refractivity contribution is -0.0373. The van der Waals surface area contributed by atoms with E-state index in [9.17, 15) is 5.11 Å². The summed E-state index contributed by atoms with van der Waals surface area (Å²) in [5.74, 6) is 1.26. The topological polar surface area (TPSA) is 38.7 Å². The summed E-state index contributed by atoms with van der Waals surface area (Å²) in [5, 5.41) is 10.4. The van der Waals surface area contributed by atoms with E-state index in [1.807, 2.05) is 18.2 Å². The van der Waals surface area contributed by atoms with Crippen molar-refractivity contribution in [2.24, 2.45) is 5.92 Å². The summed E-state index contributed by atoms with van der Waals surface area (Å²) in [7, 11) is 0. The van der Waals surface area contributed by atoms with Crippen LogP contribution in [0, 0.1) is 5.92 Å². The summed E-state index contributed by atoms with van der Waals surface area (Å²) >= 11 is 0. The van der Waals surface area contributed by atoms with Gasteiger partial charge in [-0.1, -0.05) is 18.2 Å². The fourth-order valence-electron chi connectivity index (χ4n) is 2.76. The van der Waals surface area contributed by atoms with E-state index in [4.69, 9.17) is 9.47 Å². The molecular formula is C14H18O3. The molecule has 17 heavy (non-hydrogen) atoms. The number of aliphatic hydroxyl groups is 1. The first-order chi connectivity index (χ1) is 8.34. The third kappa shape index (κ3) is 2.17. The van der Waals surface area contributed by atoms with E-state index >= 15 is 0 Å². The van der Waals surface area contributed by atoms with Crippen molar-refractivity contribution in [1.82, 2.24) is 0 Å². The van der Waals surface area contributed by atoms with Crippen LogP contribution in [0.25, 0.3) is 0 Å². The van der Waals surface area contributed by atoms with Gasteiger partial charge >= 0.3 is 0 Å². The normalized spacial score (nSPS) is 26.3. The minimum atomic E-state index is -0.369. The lowest BCUT2D eigenvalue weighted by atomic mass is 9.89. The number of aliphatic hydroxyl groups excluding tert-OH is 1. The van der Waals surface area contributed by atoms with Crippen LogP contribution < -0.4 is 4.74 Å². The molecule has 1 aromatic carbocycles. The standard InChI is InChI=1S/C14H18O3/c15-14(10-5-7-16-8-6-10)13-9-11-3-1-2-4-12(11)17-13/h1-4,10,13-15H,5-9H2. The summed E-state index contributed by atoms with van der Waals surface area (Å²) in [5.41, 5.74) is 1.21. The van der Waals surface area contributed by atoms with E-state index in [0.29, 0.717) is 5.92 Å². The van der Waals surface area contributed by atoms with Crippen molar-refractivity contribution in [3.05, 3.63) is 29.8 Å². The number of ether oxygens (including phenoxy) is 2. The minimum Gasteiger partial charge on any atom is -0.487 e. The Bertz CT molecular complexity index is 360. The molecule has 0 radical (unpaired) electrons. The molecule has 2 aliphatic rings. The zero-order valence-corrected chi connectivity index (χ0v) is 9.84. The number of para-hydroxylation sites is 1. The Morgan fingerprint density at radius 1 is 1.18 bits per heavy atom. The van der Waals surface area contributed by atoms with Crippen molar-refractivity contribution in [2.75, 3.05) is 13.2 Å². The minimum absolute atomic E-state index is 0.0736. The van der Waals surface area contributed by atoms with Crippen LogP contribution in [0.15, 0.2) is 24.3 Å². The number of rotatable bonds is 2. The number of hydrogen-bond donors (Lipinski definition) is 1. The van der Waals surface area contributed by atoms with E-state index in [2.05, 4.69) is 6.07 Å². The Labute approximate surface area is 101 Å². The lowest BCUT2D eigenvalue weighted by Gasteiger charge is -2.29. The molecule has 1 fully saturated rings. The fraction of sp³-hybridized carbons (Fsp3) is 0.571. The van der Waals surface area contributed by atoms with Gasteiger partial charge in [-0.05, 0) is 30.4 Å². The van der Waals surface area contributed by atoms with Crippen LogP contribution in [0.1, 0.15) is 18.4 Å². The van der Waals surface area contributed by atoms with Crippen molar-refractivity contribution >= 4 is 0 Å². The average Bonchev–Trinajstić information content (AvgIpc) is 2.82. The van der Waals surface area contributed by atoms with Crippen LogP contribution >= 0.6 is 0 Å². The molecule has 0 saturated carbocycles. The molecule has 1 aromatic rings. The highest BCUT2D eigenvalue weighted by molar-refractivity contribution is 5.37. The van der Waals surface area contributed by atoms with E-state index in [-0.39, 0.29) is 12.2 Å². The monoisotopic (exact) mass is 234 g/mol. The van der Waals surface area contributed by atoms with Gasteiger partial charge in [0.1, 0.15) is 11.9 Å². The van der Waals surface area contributed by atoms with Crippen LogP contribution in [0.4, 0.5) is 0 Å². The maximum Gasteiger partial charge on any atom is 0.129 e. The van der Waals surface area contributed by atoms with Gasteiger partial charge in [0.2, 0.25) is 0 Å². The molecule has 3 heteroatoms. The fourth-order valence-corrected chi connectivity index (χ4v) is 2.76. The summed E-state index contributed by atoms with van der Waals surface area (Å²) in [4.78, 5) is 0. The van der Waals surface area contributed by atoms with Crippen molar-refractivity contribution in [2.45, 2.75) is 31.5 Å². The van der Waals surface area contributed by atoms with E-state index in [1.165, 1.54) is 5.56 Å². The highest BCUT2D eigenvalue weighted by Crippen LogP contribution is 2.33. The highest BCUT2D eigenvalue weighted by atomic mass is 16.5. The molecule has 2 atom stereocenters. The summed E-state index contributed by atoms with van der Waals surface area (Å²) in [6.07, 6.45) is 2.27.